The van der Waals surface area contributed by atoms with Crippen LogP contribution in [0.2, 0.25) is 0 Å². The van der Waals surface area contributed by atoms with E-state index in [2.05, 4.69) is 127 Å². The van der Waals surface area contributed by atoms with Gasteiger partial charge in [0.15, 0.2) is 0 Å². The monoisotopic (exact) mass is 438 g/mol. The average molecular weight is 439 g/mol. The lowest BCUT2D eigenvalue weighted by Crippen LogP contribution is -1.97. The summed E-state index contributed by atoms with van der Waals surface area (Å²) in [5.74, 6) is 0.866. The molecule has 0 aliphatic heterocycles. The molecule has 0 aromatic heterocycles. The first kappa shape index (κ1) is 21.5. The molecular weight excluding hydrogens is 412 g/mol. The predicted molar refractivity (Wildman–Crippen MR) is 143 cm³/mol. The molecule has 1 nitrogen and oxygen atoms in total. The van der Waals surface area contributed by atoms with Gasteiger partial charge >= 0.3 is 0 Å². The normalized spacial score (nSPS) is 10.5. The van der Waals surface area contributed by atoms with Gasteiger partial charge in [-0.15, -0.1) is 0 Å². The summed E-state index contributed by atoms with van der Waals surface area (Å²) in [6.07, 6.45) is 0. The summed E-state index contributed by atoms with van der Waals surface area (Å²) in [6, 6.07) is 49.0. The van der Waals surface area contributed by atoms with Crippen LogP contribution in [-0.2, 0) is 0 Å². The number of benzene rings is 5. The van der Waals surface area contributed by atoms with Crippen LogP contribution in [0.1, 0.15) is 22.3 Å². The van der Waals surface area contributed by atoms with Crippen molar-refractivity contribution in [2.24, 2.45) is 0 Å². The zero-order chi connectivity index (χ0) is 23.2. The first-order chi connectivity index (χ1) is 16.8. The number of methoxy groups -OCH3 is 1. The molecule has 164 valence electrons. The molecule has 0 atom stereocenters. The first-order valence-corrected chi connectivity index (χ1v) is 11.5. The van der Waals surface area contributed by atoms with Crippen molar-refractivity contribution in [3.05, 3.63) is 162 Å². The van der Waals surface area contributed by atoms with E-state index in [1.807, 2.05) is 12.1 Å². The van der Waals surface area contributed by atoms with Crippen LogP contribution >= 0.6 is 0 Å². The molecule has 0 aliphatic carbocycles. The van der Waals surface area contributed by atoms with Gasteiger partial charge < -0.3 is 4.74 Å². The third-order valence-electron chi connectivity index (χ3n) is 6.03. The molecule has 0 saturated carbocycles. The SMILES string of the molecule is COc1ccc(-c2ccc(C(=C(c3ccccc3)c3ccccc3)c3ccccc3)cc2)cc1. The Morgan fingerprint density at radius 2 is 0.706 bits per heavy atom. The Kier molecular flexibility index (Phi) is 6.36. The van der Waals surface area contributed by atoms with E-state index in [9.17, 15) is 0 Å². The smallest absolute Gasteiger partial charge is 0.118 e. The van der Waals surface area contributed by atoms with Crippen LogP contribution in [-0.4, -0.2) is 7.11 Å². The van der Waals surface area contributed by atoms with Gasteiger partial charge in [-0.1, -0.05) is 127 Å². The Bertz CT molecular complexity index is 1330. The maximum Gasteiger partial charge on any atom is 0.118 e. The van der Waals surface area contributed by atoms with Crippen LogP contribution in [0, 0.1) is 0 Å². The van der Waals surface area contributed by atoms with E-state index in [1.54, 1.807) is 7.11 Å². The lowest BCUT2D eigenvalue weighted by atomic mass is 9.85. The Morgan fingerprint density at radius 3 is 1.06 bits per heavy atom. The minimum atomic E-state index is 0.866. The molecule has 0 saturated heterocycles. The van der Waals surface area contributed by atoms with E-state index in [-0.39, 0.29) is 0 Å². The summed E-state index contributed by atoms with van der Waals surface area (Å²) in [7, 11) is 1.69. The summed E-state index contributed by atoms with van der Waals surface area (Å²) in [5.41, 5.74) is 9.58. The van der Waals surface area contributed by atoms with Crippen LogP contribution in [0.15, 0.2) is 140 Å². The highest BCUT2D eigenvalue weighted by Gasteiger charge is 2.16. The van der Waals surface area contributed by atoms with E-state index in [1.165, 1.54) is 44.5 Å². The highest BCUT2D eigenvalue weighted by Crippen LogP contribution is 2.37. The Morgan fingerprint density at radius 1 is 0.382 bits per heavy atom. The number of rotatable bonds is 6. The molecule has 0 unspecified atom stereocenters. The van der Waals surface area contributed by atoms with Crippen molar-refractivity contribution in [3.8, 4) is 16.9 Å². The second kappa shape index (κ2) is 10.1. The van der Waals surface area contributed by atoms with Gasteiger partial charge in [0.2, 0.25) is 0 Å². The van der Waals surface area contributed by atoms with E-state index < -0.39 is 0 Å². The summed E-state index contributed by atoms with van der Waals surface area (Å²) < 4.78 is 5.31. The van der Waals surface area contributed by atoms with Crippen molar-refractivity contribution in [2.75, 3.05) is 7.11 Å². The van der Waals surface area contributed by atoms with Crippen LogP contribution in [0.4, 0.5) is 0 Å². The van der Waals surface area contributed by atoms with Crippen molar-refractivity contribution in [1.29, 1.82) is 0 Å². The lowest BCUT2D eigenvalue weighted by Gasteiger charge is -2.18. The molecule has 5 aromatic carbocycles. The molecule has 5 aromatic rings. The molecule has 0 heterocycles. The Labute approximate surface area is 201 Å². The molecule has 0 spiro atoms. The topological polar surface area (TPSA) is 9.23 Å². The molecular formula is C33H26O. The zero-order valence-corrected chi connectivity index (χ0v) is 19.2. The minimum Gasteiger partial charge on any atom is -0.497 e. The molecule has 0 N–H and O–H groups in total. The molecule has 0 aliphatic rings. The fourth-order valence-electron chi connectivity index (χ4n) is 4.34. The molecule has 0 radical (unpaired) electrons. The standard InChI is InChI=1S/C33H26O/c1-34-31-23-21-26(22-24-31)25-17-19-30(20-18-25)33(29-15-9-4-10-16-29)32(27-11-5-2-6-12-27)28-13-7-3-8-14-28/h2-24H,1H3. The largest absolute Gasteiger partial charge is 0.497 e. The van der Waals surface area contributed by atoms with Crippen LogP contribution in [0.3, 0.4) is 0 Å². The first-order valence-electron chi connectivity index (χ1n) is 11.5. The number of hydrogen-bond acceptors (Lipinski definition) is 1. The van der Waals surface area contributed by atoms with E-state index in [0.29, 0.717) is 0 Å². The maximum atomic E-state index is 5.31. The van der Waals surface area contributed by atoms with Gasteiger partial charge in [-0.3, -0.25) is 0 Å². The predicted octanol–water partition coefficient (Wildman–Crippen LogP) is 8.37. The number of hydrogen-bond donors (Lipinski definition) is 0. The van der Waals surface area contributed by atoms with Crippen LogP contribution in [0.5, 0.6) is 5.75 Å². The number of ether oxygens (including phenoxy) is 1. The third kappa shape index (κ3) is 4.55. The van der Waals surface area contributed by atoms with E-state index >= 15 is 0 Å². The molecule has 0 bridgehead atoms. The zero-order valence-electron chi connectivity index (χ0n) is 19.2. The third-order valence-corrected chi connectivity index (χ3v) is 6.03. The second-order valence-electron chi connectivity index (χ2n) is 8.15. The van der Waals surface area contributed by atoms with Crippen molar-refractivity contribution < 1.29 is 4.74 Å². The summed E-state index contributed by atoms with van der Waals surface area (Å²) in [5, 5.41) is 0. The van der Waals surface area contributed by atoms with Crippen molar-refractivity contribution in [2.45, 2.75) is 0 Å². The lowest BCUT2D eigenvalue weighted by molar-refractivity contribution is 0.415. The fourth-order valence-corrected chi connectivity index (χ4v) is 4.34. The maximum absolute atomic E-state index is 5.31. The van der Waals surface area contributed by atoms with Crippen molar-refractivity contribution >= 4 is 11.1 Å². The summed E-state index contributed by atoms with van der Waals surface area (Å²) >= 11 is 0. The van der Waals surface area contributed by atoms with Gasteiger partial charge in [0.05, 0.1) is 7.11 Å². The van der Waals surface area contributed by atoms with Gasteiger partial charge in [-0.2, -0.15) is 0 Å². The van der Waals surface area contributed by atoms with Crippen LogP contribution in [0.25, 0.3) is 22.3 Å². The molecule has 1 heteroatoms. The summed E-state index contributed by atoms with van der Waals surface area (Å²) in [4.78, 5) is 0. The molecule has 0 amide bonds. The fraction of sp³-hybridized carbons (Fsp3) is 0.0303. The molecule has 34 heavy (non-hydrogen) atoms. The average Bonchev–Trinajstić information content (AvgIpc) is 2.93. The van der Waals surface area contributed by atoms with Gasteiger partial charge in [0.25, 0.3) is 0 Å². The van der Waals surface area contributed by atoms with Gasteiger partial charge in [-0.05, 0) is 56.7 Å². The second-order valence-corrected chi connectivity index (χ2v) is 8.15. The van der Waals surface area contributed by atoms with E-state index in [0.717, 1.165) is 5.75 Å². The quantitative estimate of drug-likeness (QED) is 0.242. The highest BCUT2D eigenvalue weighted by atomic mass is 16.5. The van der Waals surface area contributed by atoms with Crippen molar-refractivity contribution in [1.82, 2.24) is 0 Å². The molecule has 5 rings (SSSR count). The molecule has 0 fully saturated rings. The van der Waals surface area contributed by atoms with Gasteiger partial charge in [0, 0.05) is 0 Å². The summed E-state index contributed by atoms with van der Waals surface area (Å²) in [6.45, 7) is 0. The van der Waals surface area contributed by atoms with Crippen LogP contribution < -0.4 is 4.74 Å². The minimum absolute atomic E-state index is 0.866. The Balaban J connectivity index is 1.70. The van der Waals surface area contributed by atoms with E-state index in [4.69, 9.17) is 4.74 Å². The van der Waals surface area contributed by atoms with Gasteiger partial charge in [0.1, 0.15) is 5.75 Å². The highest BCUT2D eigenvalue weighted by molar-refractivity contribution is 6.04. The van der Waals surface area contributed by atoms with Crippen molar-refractivity contribution in [3.63, 3.8) is 0 Å². The Hall–Kier alpha value is -4.36. The van der Waals surface area contributed by atoms with Gasteiger partial charge in [-0.25, -0.2) is 0 Å².